The summed E-state index contributed by atoms with van der Waals surface area (Å²) in [5.41, 5.74) is 4.41. The zero-order chi connectivity index (χ0) is 14.7. The highest BCUT2D eigenvalue weighted by Gasteiger charge is 2.17. The standard InChI is InChI=1S/C13H16N8/c1-20-13(15-9-17-20)7-11(18-14)12-8-16-21(19-12)10-5-3-2-4-6-10/h2-6,8-9,11,18H,7,14H2,1H3. The van der Waals surface area contributed by atoms with E-state index in [1.165, 1.54) is 6.33 Å². The zero-order valence-electron chi connectivity index (χ0n) is 11.6. The van der Waals surface area contributed by atoms with Crippen LogP contribution in [0.5, 0.6) is 0 Å². The van der Waals surface area contributed by atoms with Gasteiger partial charge < -0.3 is 0 Å². The van der Waals surface area contributed by atoms with Gasteiger partial charge in [-0.1, -0.05) is 18.2 Å². The summed E-state index contributed by atoms with van der Waals surface area (Å²) in [7, 11) is 1.84. The second-order valence-electron chi connectivity index (χ2n) is 4.62. The van der Waals surface area contributed by atoms with Gasteiger partial charge >= 0.3 is 0 Å². The van der Waals surface area contributed by atoms with E-state index < -0.39 is 0 Å². The lowest BCUT2D eigenvalue weighted by atomic mass is 10.1. The molecule has 3 N–H and O–H groups in total. The highest BCUT2D eigenvalue weighted by Crippen LogP contribution is 2.14. The van der Waals surface area contributed by atoms with Crippen molar-refractivity contribution in [1.82, 2.24) is 35.2 Å². The first-order valence-corrected chi connectivity index (χ1v) is 6.54. The third-order valence-electron chi connectivity index (χ3n) is 3.25. The van der Waals surface area contributed by atoms with E-state index in [0.29, 0.717) is 6.42 Å². The van der Waals surface area contributed by atoms with Crippen LogP contribution in [0.2, 0.25) is 0 Å². The van der Waals surface area contributed by atoms with Gasteiger partial charge in [0, 0.05) is 13.5 Å². The summed E-state index contributed by atoms with van der Waals surface area (Å²) in [5.74, 6) is 6.46. The minimum absolute atomic E-state index is 0.176. The van der Waals surface area contributed by atoms with Crippen molar-refractivity contribution in [1.29, 1.82) is 0 Å². The van der Waals surface area contributed by atoms with Crippen LogP contribution in [0.3, 0.4) is 0 Å². The number of hydrazine groups is 1. The van der Waals surface area contributed by atoms with E-state index in [1.54, 1.807) is 15.7 Å². The normalized spacial score (nSPS) is 12.5. The van der Waals surface area contributed by atoms with Crippen LogP contribution in [-0.2, 0) is 13.5 Å². The van der Waals surface area contributed by atoms with E-state index in [-0.39, 0.29) is 6.04 Å². The number of hydrogen-bond acceptors (Lipinski definition) is 6. The van der Waals surface area contributed by atoms with Crippen molar-refractivity contribution in [3.05, 3.63) is 54.4 Å². The molecule has 1 atom stereocenters. The van der Waals surface area contributed by atoms with Gasteiger partial charge in [0.1, 0.15) is 17.8 Å². The predicted molar refractivity (Wildman–Crippen MR) is 76.1 cm³/mol. The summed E-state index contributed by atoms with van der Waals surface area (Å²) in [6.07, 6.45) is 3.80. The fourth-order valence-electron chi connectivity index (χ4n) is 2.06. The summed E-state index contributed by atoms with van der Waals surface area (Å²) >= 11 is 0. The molecule has 3 rings (SSSR count). The van der Waals surface area contributed by atoms with Crippen molar-refractivity contribution in [3.63, 3.8) is 0 Å². The maximum absolute atomic E-state index is 5.63. The number of nitrogens with one attached hydrogen (secondary N) is 1. The van der Waals surface area contributed by atoms with Crippen molar-refractivity contribution in [2.45, 2.75) is 12.5 Å². The molecule has 0 saturated carbocycles. The number of aromatic nitrogens is 6. The van der Waals surface area contributed by atoms with Gasteiger partial charge in [0.2, 0.25) is 0 Å². The highest BCUT2D eigenvalue weighted by molar-refractivity contribution is 5.28. The molecule has 0 spiro atoms. The Hall–Kier alpha value is -2.58. The molecule has 3 aromatic rings. The average molecular weight is 284 g/mol. The smallest absolute Gasteiger partial charge is 0.138 e. The molecule has 0 aliphatic heterocycles. The first-order chi connectivity index (χ1) is 10.3. The van der Waals surface area contributed by atoms with Crippen LogP contribution in [0.1, 0.15) is 17.6 Å². The van der Waals surface area contributed by atoms with Crippen molar-refractivity contribution in [2.75, 3.05) is 0 Å². The Labute approximate surface area is 121 Å². The van der Waals surface area contributed by atoms with Gasteiger partial charge in [-0.2, -0.15) is 20.1 Å². The quantitative estimate of drug-likeness (QED) is 0.511. The molecule has 0 fully saturated rings. The van der Waals surface area contributed by atoms with Crippen LogP contribution in [-0.4, -0.2) is 29.8 Å². The first-order valence-electron chi connectivity index (χ1n) is 6.54. The van der Waals surface area contributed by atoms with Crippen molar-refractivity contribution >= 4 is 0 Å². The molecule has 0 amide bonds. The van der Waals surface area contributed by atoms with E-state index in [1.807, 2.05) is 37.4 Å². The summed E-state index contributed by atoms with van der Waals surface area (Å²) in [4.78, 5) is 5.78. The second kappa shape index (κ2) is 5.81. The summed E-state index contributed by atoms with van der Waals surface area (Å²) in [5, 5.41) is 12.8. The average Bonchev–Trinajstić information content (AvgIpc) is 3.15. The number of hydrogen-bond donors (Lipinski definition) is 2. The molecule has 1 unspecified atom stereocenters. The molecule has 0 bridgehead atoms. The van der Waals surface area contributed by atoms with Crippen molar-refractivity contribution < 1.29 is 0 Å². The van der Waals surface area contributed by atoms with Crippen molar-refractivity contribution in [2.24, 2.45) is 12.9 Å². The fraction of sp³-hybridized carbons (Fsp3) is 0.231. The van der Waals surface area contributed by atoms with E-state index in [4.69, 9.17) is 5.84 Å². The lowest BCUT2D eigenvalue weighted by molar-refractivity contribution is 0.508. The predicted octanol–water partition coefficient (Wildman–Crippen LogP) is 0.143. The number of nitrogens with zero attached hydrogens (tertiary/aromatic N) is 6. The zero-order valence-corrected chi connectivity index (χ0v) is 11.6. The van der Waals surface area contributed by atoms with Crippen LogP contribution < -0.4 is 11.3 Å². The molecule has 0 saturated heterocycles. The molecule has 2 aromatic heterocycles. The third-order valence-corrected chi connectivity index (χ3v) is 3.25. The third kappa shape index (κ3) is 2.81. The highest BCUT2D eigenvalue weighted by atomic mass is 15.5. The summed E-state index contributed by atoms with van der Waals surface area (Å²) in [6, 6.07) is 9.54. The molecule has 8 nitrogen and oxygen atoms in total. The topological polar surface area (TPSA) is 99.5 Å². The second-order valence-corrected chi connectivity index (χ2v) is 4.62. The first kappa shape index (κ1) is 13.4. The SMILES string of the molecule is Cn1ncnc1CC(NN)c1cnn(-c2ccccc2)n1. The summed E-state index contributed by atoms with van der Waals surface area (Å²) < 4.78 is 1.71. The molecule has 0 aliphatic rings. The molecule has 21 heavy (non-hydrogen) atoms. The molecule has 108 valence electrons. The molecule has 1 aromatic carbocycles. The number of aryl methyl sites for hydroxylation is 1. The van der Waals surface area contributed by atoms with Gasteiger partial charge in [-0.25, -0.2) is 4.98 Å². The van der Waals surface area contributed by atoms with Crippen molar-refractivity contribution in [3.8, 4) is 5.69 Å². The van der Waals surface area contributed by atoms with Gasteiger partial charge in [0.05, 0.1) is 17.9 Å². The maximum Gasteiger partial charge on any atom is 0.138 e. The van der Waals surface area contributed by atoms with Gasteiger partial charge in [0.15, 0.2) is 0 Å². The number of para-hydroxylation sites is 1. The maximum atomic E-state index is 5.63. The van der Waals surface area contributed by atoms with Crippen LogP contribution in [0, 0.1) is 0 Å². The Morgan fingerprint density at radius 1 is 1.24 bits per heavy atom. The largest absolute Gasteiger partial charge is 0.271 e. The van der Waals surface area contributed by atoms with Crippen LogP contribution in [0.15, 0.2) is 42.9 Å². The number of nitrogens with two attached hydrogens (primary N) is 1. The van der Waals surface area contributed by atoms with Crippen LogP contribution in [0.4, 0.5) is 0 Å². The van der Waals surface area contributed by atoms with Crippen LogP contribution in [0.25, 0.3) is 5.69 Å². The lowest BCUT2D eigenvalue weighted by Gasteiger charge is -2.11. The van der Waals surface area contributed by atoms with E-state index in [0.717, 1.165) is 17.2 Å². The van der Waals surface area contributed by atoms with Gasteiger partial charge in [0.25, 0.3) is 0 Å². The molecular formula is C13H16N8. The van der Waals surface area contributed by atoms with E-state index in [9.17, 15) is 0 Å². The minimum atomic E-state index is -0.176. The van der Waals surface area contributed by atoms with E-state index >= 15 is 0 Å². The Morgan fingerprint density at radius 3 is 2.71 bits per heavy atom. The molecule has 2 heterocycles. The molecular weight excluding hydrogens is 268 g/mol. The number of benzene rings is 1. The minimum Gasteiger partial charge on any atom is -0.271 e. The Morgan fingerprint density at radius 2 is 2.05 bits per heavy atom. The van der Waals surface area contributed by atoms with E-state index in [2.05, 4.69) is 25.7 Å². The lowest BCUT2D eigenvalue weighted by Crippen LogP contribution is -2.30. The summed E-state index contributed by atoms with van der Waals surface area (Å²) in [6.45, 7) is 0. The van der Waals surface area contributed by atoms with Gasteiger partial charge in [-0.3, -0.25) is 16.0 Å². The monoisotopic (exact) mass is 284 g/mol. The number of rotatable bonds is 5. The van der Waals surface area contributed by atoms with Gasteiger partial charge in [-0.15, -0.1) is 0 Å². The van der Waals surface area contributed by atoms with Crippen LogP contribution >= 0.6 is 0 Å². The van der Waals surface area contributed by atoms with Gasteiger partial charge in [-0.05, 0) is 12.1 Å². The molecule has 0 aliphatic carbocycles. The molecule has 0 radical (unpaired) electrons. The molecule has 8 heteroatoms. The Balaban J connectivity index is 1.82. The fourth-order valence-corrected chi connectivity index (χ4v) is 2.06. The Kier molecular flexibility index (Phi) is 3.71. The Bertz CT molecular complexity index is 702.